The lowest BCUT2D eigenvalue weighted by Crippen LogP contribution is -1.98. The average molecular weight is 340 g/mol. The summed E-state index contributed by atoms with van der Waals surface area (Å²) < 4.78 is 6.73. The summed E-state index contributed by atoms with van der Waals surface area (Å²) in [5.74, 6) is 0.547. The van der Waals surface area contributed by atoms with Gasteiger partial charge in [0.25, 0.3) is 0 Å². The first kappa shape index (κ1) is 13.5. The Morgan fingerprint density at radius 2 is 1.90 bits per heavy atom. The van der Waals surface area contributed by atoms with Gasteiger partial charge < -0.3 is 4.74 Å². The molecule has 3 aromatic rings. The number of aromatic nitrogens is 2. The number of rotatable bonds is 3. The molecule has 0 amide bonds. The highest BCUT2D eigenvalue weighted by molar-refractivity contribution is 9.10. The summed E-state index contributed by atoms with van der Waals surface area (Å²) in [4.78, 5) is 8.40. The maximum Gasteiger partial charge on any atom is 0.224 e. The molecule has 0 aliphatic heterocycles. The number of hydrogen-bond donors (Lipinski definition) is 0. The topological polar surface area (TPSA) is 58.8 Å². The first-order valence-corrected chi connectivity index (χ1v) is 7.07. The molecule has 0 aliphatic carbocycles. The van der Waals surface area contributed by atoms with E-state index in [1.807, 2.05) is 30.3 Å². The van der Waals surface area contributed by atoms with Crippen molar-refractivity contribution in [3.05, 3.63) is 64.4 Å². The molecule has 2 aromatic carbocycles. The molecule has 4 nitrogen and oxygen atoms in total. The van der Waals surface area contributed by atoms with Gasteiger partial charge in [0.05, 0.1) is 22.5 Å². The van der Waals surface area contributed by atoms with Crippen LogP contribution in [-0.4, -0.2) is 9.97 Å². The Labute approximate surface area is 130 Å². The molecule has 0 spiro atoms. The van der Waals surface area contributed by atoms with Crippen molar-refractivity contribution in [2.45, 2.75) is 6.61 Å². The first-order valence-electron chi connectivity index (χ1n) is 6.28. The van der Waals surface area contributed by atoms with Crippen molar-refractivity contribution in [2.75, 3.05) is 0 Å². The number of nitrogens with zero attached hydrogens (tertiary/aromatic N) is 3. The summed E-state index contributed by atoms with van der Waals surface area (Å²) in [7, 11) is 0. The van der Waals surface area contributed by atoms with E-state index in [4.69, 9.17) is 10.00 Å². The minimum absolute atomic E-state index is 0.393. The molecular weight excluding hydrogens is 330 g/mol. The van der Waals surface area contributed by atoms with Crippen molar-refractivity contribution in [3.63, 3.8) is 0 Å². The van der Waals surface area contributed by atoms with E-state index in [-0.39, 0.29) is 0 Å². The van der Waals surface area contributed by atoms with Crippen molar-refractivity contribution in [1.82, 2.24) is 9.97 Å². The van der Waals surface area contributed by atoms with E-state index < -0.39 is 0 Å². The fourth-order valence-corrected chi connectivity index (χ4v) is 2.31. The van der Waals surface area contributed by atoms with Gasteiger partial charge in [0.1, 0.15) is 12.9 Å². The number of halogens is 1. The summed E-state index contributed by atoms with van der Waals surface area (Å²) in [6, 6.07) is 15.2. The molecule has 0 saturated heterocycles. The van der Waals surface area contributed by atoms with E-state index >= 15 is 0 Å². The molecule has 0 bridgehead atoms. The Bertz CT molecular complexity index is 825. The maximum atomic E-state index is 8.78. The molecule has 5 heteroatoms. The standard InChI is InChI=1S/C16H10BrN3O/c17-13-5-6-15-14(7-13)16(20-10-19-15)21-9-12-3-1-11(8-18)2-4-12/h1-7,10H,9H2. The monoisotopic (exact) mass is 339 g/mol. The Morgan fingerprint density at radius 1 is 1.10 bits per heavy atom. The second-order valence-electron chi connectivity index (χ2n) is 4.44. The lowest BCUT2D eigenvalue weighted by atomic mass is 10.1. The van der Waals surface area contributed by atoms with Crippen molar-refractivity contribution in [2.24, 2.45) is 0 Å². The van der Waals surface area contributed by atoms with Crippen LogP contribution in [0.3, 0.4) is 0 Å². The van der Waals surface area contributed by atoms with Crippen LogP contribution in [-0.2, 0) is 6.61 Å². The Balaban J connectivity index is 1.84. The van der Waals surface area contributed by atoms with Gasteiger partial charge in [0.2, 0.25) is 5.88 Å². The number of ether oxygens (including phenoxy) is 1. The van der Waals surface area contributed by atoms with E-state index in [0.29, 0.717) is 18.1 Å². The van der Waals surface area contributed by atoms with Crippen molar-refractivity contribution >= 4 is 26.8 Å². The highest BCUT2D eigenvalue weighted by Crippen LogP contribution is 2.25. The third-order valence-electron chi connectivity index (χ3n) is 3.02. The molecule has 1 aromatic heterocycles. The van der Waals surface area contributed by atoms with Gasteiger partial charge in [-0.15, -0.1) is 0 Å². The van der Waals surface area contributed by atoms with E-state index in [2.05, 4.69) is 32.0 Å². The second kappa shape index (κ2) is 5.90. The largest absolute Gasteiger partial charge is 0.472 e. The molecule has 3 rings (SSSR count). The number of fused-ring (bicyclic) bond motifs is 1. The minimum atomic E-state index is 0.393. The van der Waals surface area contributed by atoms with E-state index in [1.54, 1.807) is 12.1 Å². The van der Waals surface area contributed by atoms with Gasteiger partial charge in [-0.3, -0.25) is 0 Å². The predicted octanol–water partition coefficient (Wildman–Crippen LogP) is 3.84. The van der Waals surface area contributed by atoms with Crippen LogP contribution in [0.15, 0.2) is 53.3 Å². The highest BCUT2D eigenvalue weighted by atomic mass is 79.9. The lowest BCUT2D eigenvalue weighted by Gasteiger charge is -2.08. The van der Waals surface area contributed by atoms with Crippen LogP contribution in [0.25, 0.3) is 10.9 Å². The smallest absolute Gasteiger partial charge is 0.224 e. The molecule has 21 heavy (non-hydrogen) atoms. The maximum absolute atomic E-state index is 8.78. The normalized spacial score (nSPS) is 10.3. The molecule has 102 valence electrons. The first-order chi connectivity index (χ1) is 10.3. The van der Waals surface area contributed by atoms with Crippen LogP contribution < -0.4 is 4.74 Å². The SMILES string of the molecule is N#Cc1ccc(COc2ncnc3ccc(Br)cc23)cc1. The van der Waals surface area contributed by atoms with E-state index in [0.717, 1.165) is 20.9 Å². The fraction of sp³-hybridized carbons (Fsp3) is 0.0625. The minimum Gasteiger partial charge on any atom is -0.472 e. The molecule has 0 radical (unpaired) electrons. The van der Waals surface area contributed by atoms with Crippen molar-refractivity contribution in [1.29, 1.82) is 5.26 Å². The fourth-order valence-electron chi connectivity index (χ4n) is 1.95. The lowest BCUT2D eigenvalue weighted by molar-refractivity contribution is 0.297. The predicted molar refractivity (Wildman–Crippen MR) is 82.7 cm³/mol. The molecule has 0 atom stereocenters. The van der Waals surface area contributed by atoms with Crippen LogP contribution in [0.4, 0.5) is 0 Å². The van der Waals surface area contributed by atoms with Crippen molar-refractivity contribution in [3.8, 4) is 11.9 Å². The highest BCUT2D eigenvalue weighted by Gasteiger charge is 2.06. The zero-order valence-electron chi connectivity index (χ0n) is 11.0. The van der Waals surface area contributed by atoms with Gasteiger partial charge in [-0.2, -0.15) is 5.26 Å². The molecule has 0 aliphatic rings. The molecule has 0 unspecified atom stereocenters. The van der Waals surface area contributed by atoms with Crippen LogP contribution in [0, 0.1) is 11.3 Å². The van der Waals surface area contributed by atoms with Gasteiger partial charge >= 0.3 is 0 Å². The van der Waals surface area contributed by atoms with E-state index in [9.17, 15) is 0 Å². The van der Waals surface area contributed by atoms with Crippen LogP contribution in [0.1, 0.15) is 11.1 Å². The quantitative estimate of drug-likeness (QED) is 0.727. The van der Waals surface area contributed by atoms with Gasteiger partial charge in [0, 0.05) is 4.47 Å². The van der Waals surface area contributed by atoms with Crippen LogP contribution >= 0.6 is 15.9 Å². The third-order valence-corrected chi connectivity index (χ3v) is 3.51. The van der Waals surface area contributed by atoms with Crippen LogP contribution in [0.5, 0.6) is 5.88 Å². The zero-order valence-corrected chi connectivity index (χ0v) is 12.5. The Kier molecular flexibility index (Phi) is 3.80. The molecule has 1 heterocycles. The summed E-state index contributed by atoms with van der Waals surface area (Å²) in [5.41, 5.74) is 2.45. The number of nitriles is 1. The molecule has 0 N–H and O–H groups in total. The van der Waals surface area contributed by atoms with Gasteiger partial charge in [0.15, 0.2) is 0 Å². The summed E-state index contributed by atoms with van der Waals surface area (Å²) in [6.07, 6.45) is 1.49. The summed E-state index contributed by atoms with van der Waals surface area (Å²) >= 11 is 3.44. The molecular formula is C16H10BrN3O. The van der Waals surface area contributed by atoms with Gasteiger partial charge in [-0.05, 0) is 35.9 Å². The molecule has 0 saturated carbocycles. The third kappa shape index (κ3) is 3.01. The Morgan fingerprint density at radius 3 is 2.67 bits per heavy atom. The van der Waals surface area contributed by atoms with Gasteiger partial charge in [-0.1, -0.05) is 28.1 Å². The average Bonchev–Trinajstić information content (AvgIpc) is 2.53. The molecule has 0 fully saturated rings. The number of hydrogen-bond acceptors (Lipinski definition) is 4. The van der Waals surface area contributed by atoms with Crippen molar-refractivity contribution < 1.29 is 4.74 Å². The Hall–Kier alpha value is -2.45. The van der Waals surface area contributed by atoms with Crippen LogP contribution in [0.2, 0.25) is 0 Å². The number of benzene rings is 2. The van der Waals surface area contributed by atoms with Gasteiger partial charge in [-0.25, -0.2) is 9.97 Å². The summed E-state index contributed by atoms with van der Waals surface area (Å²) in [5, 5.41) is 9.64. The second-order valence-corrected chi connectivity index (χ2v) is 5.35. The van der Waals surface area contributed by atoms with E-state index in [1.165, 1.54) is 6.33 Å². The summed E-state index contributed by atoms with van der Waals surface area (Å²) in [6.45, 7) is 0.393. The zero-order chi connectivity index (χ0) is 14.7.